The van der Waals surface area contributed by atoms with E-state index in [1.807, 2.05) is 30.3 Å². The lowest BCUT2D eigenvalue weighted by atomic mass is 9.99. The van der Waals surface area contributed by atoms with Gasteiger partial charge in [0.05, 0.1) is 16.3 Å². The van der Waals surface area contributed by atoms with Crippen LogP contribution in [-0.2, 0) is 4.79 Å². The van der Waals surface area contributed by atoms with Gasteiger partial charge in [-0.3, -0.25) is 9.59 Å². The van der Waals surface area contributed by atoms with Crippen molar-refractivity contribution >= 4 is 44.7 Å². The standard InChI is InChI=1S/C19H13ClN2O2S/c20-13-7-5-12(6-8-13)16(23)9-10-17(24)14(11-21)19-22-15-3-1-2-4-18(15)25-19/h1-8,14H,9-10H2. The van der Waals surface area contributed by atoms with Gasteiger partial charge < -0.3 is 0 Å². The van der Waals surface area contributed by atoms with Gasteiger partial charge in [-0.05, 0) is 36.4 Å². The van der Waals surface area contributed by atoms with E-state index in [0.29, 0.717) is 15.6 Å². The highest BCUT2D eigenvalue weighted by Crippen LogP contribution is 2.28. The van der Waals surface area contributed by atoms with Gasteiger partial charge >= 0.3 is 0 Å². The monoisotopic (exact) mass is 368 g/mol. The maximum Gasteiger partial charge on any atom is 0.163 e. The molecule has 0 saturated heterocycles. The molecule has 1 atom stereocenters. The Morgan fingerprint density at radius 1 is 1.12 bits per heavy atom. The Kier molecular flexibility index (Phi) is 5.22. The minimum Gasteiger partial charge on any atom is -0.298 e. The van der Waals surface area contributed by atoms with E-state index in [9.17, 15) is 14.9 Å². The minimum absolute atomic E-state index is 0.00954. The minimum atomic E-state index is -0.935. The van der Waals surface area contributed by atoms with Gasteiger partial charge in [0.2, 0.25) is 0 Å². The quantitative estimate of drug-likeness (QED) is 0.586. The second kappa shape index (κ2) is 7.56. The number of thiazole rings is 1. The number of hydrogen-bond donors (Lipinski definition) is 0. The first kappa shape index (κ1) is 17.3. The van der Waals surface area contributed by atoms with Crippen LogP contribution in [0.25, 0.3) is 10.2 Å². The van der Waals surface area contributed by atoms with E-state index in [0.717, 1.165) is 10.2 Å². The van der Waals surface area contributed by atoms with Crippen LogP contribution in [0.2, 0.25) is 5.02 Å². The predicted octanol–water partition coefficient (Wildman–Crippen LogP) is 4.79. The third-order valence-electron chi connectivity index (χ3n) is 3.77. The third kappa shape index (κ3) is 3.93. The number of Topliss-reactive ketones (excluding diaryl/α,β-unsaturated/α-hetero) is 2. The Bertz CT molecular complexity index is 940. The summed E-state index contributed by atoms with van der Waals surface area (Å²) in [6.07, 6.45) is 0.0686. The van der Waals surface area contributed by atoms with E-state index >= 15 is 0 Å². The number of halogens is 1. The number of carbonyl (C=O) groups excluding carboxylic acids is 2. The molecule has 0 aliphatic rings. The Balaban J connectivity index is 1.69. The van der Waals surface area contributed by atoms with Gasteiger partial charge in [0, 0.05) is 23.4 Å². The highest BCUT2D eigenvalue weighted by Gasteiger charge is 2.24. The van der Waals surface area contributed by atoms with E-state index in [1.54, 1.807) is 24.3 Å². The number of nitrogens with zero attached hydrogens (tertiary/aromatic N) is 2. The largest absolute Gasteiger partial charge is 0.298 e. The molecular formula is C19H13ClN2O2S. The van der Waals surface area contributed by atoms with Crippen LogP contribution in [0.1, 0.15) is 34.1 Å². The van der Waals surface area contributed by atoms with Crippen LogP contribution < -0.4 is 0 Å². The van der Waals surface area contributed by atoms with Crippen LogP contribution in [0.15, 0.2) is 48.5 Å². The molecule has 0 fully saturated rings. The normalized spacial score (nSPS) is 11.8. The van der Waals surface area contributed by atoms with Crippen molar-refractivity contribution in [2.75, 3.05) is 0 Å². The van der Waals surface area contributed by atoms with E-state index in [4.69, 9.17) is 11.6 Å². The molecular weight excluding hydrogens is 356 g/mol. The summed E-state index contributed by atoms with van der Waals surface area (Å²) in [6.45, 7) is 0. The van der Waals surface area contributed by atoms with Crippen molar-refractivity contribution in [3.05, 3.63) is 64.1 Å². The second-order valence-corrected chi connectivity index (χ2v) is 6.98. The molecule has 6 heteroatoms. The molecule has 0 bridgehead atoms. The van der Waals surface area contributed by atoms with E-state index < -0.39 is 5.92 Å². The highest BCUT2D eigenvalue weighted by molar-refractivity contribution is 7.18. The number of carbonyl (C=O) groups is 2. The van der Waals surface area contributed by atoms with Crippen molar-refractivity contribution in [3.8, 4) is 6.07 Å². The van der Waals surface area contributed by atoms with Crippen LogP contribution in [0, 0.1) is 11.3 Å². The lowest BCUT2D eigenvalue weighted by Gasteiger charge is -2.05. The molecule has 0 aliphatic heterocycles. The zero-order valence-corrected chi connectivity index (χ0v) is 14.7. The number of hydrogen-bond acceptors (Lipinski definition) is 5. The van der Waals surface area contributed by atoms with Crippen LogP contribution in [0.5, 0.6) is 0 Å². The van der Waals surface area contributed by atoms with E-state index in [1.165, 1.54) is 11.3 Å². The number of rotatable bonds is 6. The fourth-order valence-corrected chi connectivity index (χ4v) is 3.60. The first-order chi connectivity index (χ1) is 12.1. The van der Waals surface area contributed by atoms with Gasteiger partial charge in [0.15, 0.2) is 17.5 Å². The smallest absolute Gasteiger partial charge is 0.163 e. The Morgan fingerprint density at radius 2 is 1.84 bits per heavy atom. The van der Waals surface area contributed by atoms with Crippen molar-refractivity contribution in [2.45, 2.75) is 18.8 Å². The van der Waals surface area contributed by atoms with Crippen LogP contribution in [0.3, 0.4) is 0 Å². The van der Waals surface area contributed by atoms with E-state index in [-0.39, 0.29) is 24.4 Å². The third-order valence-corrected chi connectivity index (χ3v) is 5.13. The van der Waals surface area contributed by atoms with Crippen LogP contribution in [-0.4, -0.2) is 16.6 Å². The highest BCUT2D eigenvalue weighted by atomic mass is 35.5. The lowest BCUT2D eigenvalue weighted by Crippen LogP contribution is -2.12. The average Bonchev–Trinajstić information content (AvgIpc) is 3.04. The fraction of sp³-hybridized carbons (Fsp3) is 0.158. The number of benzene rings is 2. The maximum absolute atomic E-state index is 12.4. The number of aromatic nitrogens is 1. The Morgan fingerprint density at radius 3 is 2.52 bits per heavy atom. The van der Waals surface area contributed by atoms with Crippen LogP contribution >= 0.6 is 22.9 Å². The number of fused-ring (bicyclic) bond motifs is 1. The van der Waals surface area contributed by atoms with Crippen molar-refractivity contribution in [1.82, 2.24) is 4.98 Å². The molecule has 0 aliphatic carbocycles. The summed E-state index contributed by atoms with van der Waals surface area (Å²) in [7, 11) is 0. The van der Waals surface area contributed by atoms with Gasteiger partial charge in [-0.1, -0.05) is 23.7 Å². The molecule has 4 nitrogen and oxygen atoms in total. The number of ketones is 2. The summed E-state index contributed by atoms with van der Waals surface area (Å²) in [5.74, 6) is -1.37. The Hall–Kier alpha value is -2.55. The van der Waals surface area contributed by atoms with Crippen LogP contribution in [0.4, 0.5) is 0 Å². The first-order valence-electron chi connectivity index (χ1n) is 7.65. The van der Waals surface area contributed by atoms with Gasteiger partial charge in [0.1, 0.15) is 5.01 Å². The van der Waals surface area contributed by atoms with Gasteiger partial charge in [-0.25, -0.2) is 4.98 Å². The molecule has 3 rings (SSSR count). The first-order valence-corrected chi connectivity index (χ1v) is 8.84. The Labute approximate surface area is 153 Å². The molecule has 0 amide bonds. The predicted molar refractivity (Wildman–Crippen MR) is 98.0 cm³/mol. The molecule has 1 unspecified atom stereocenters. The van der Waals surface area contributed by atoms with Crippen molar-refractivity contribution < 1.29 is 9.59 Å². The summed E-state index contributed by atoms with van der Waals surface area (Å²) in [5, 5.41) is 10.4. The lowest BCUT2D eigenvalue weighted by molar-refractivity contribution is -0.119. The van der Waals surface area contributed by atoms with Gasteiger partial charge in [-0.2, -0.15) is 5.26 Å². The van der Waals surface area contributed by atoms with Crippen molar-refractivity contribution in [2.24, 2.45) is 0 Å². The molecule has 25 heavy (non-hydrogen) atoms. The van der Waals surface area contributed by atoms with E-state index in [2.05, 4.69) is 4.98 Å². The second-order valence-electron chi connectivity index (χ2n) is 5.48. The molecule has 1 heterocycles. The molecule has 1 aromatic heterocycles. The number of para-hydroxylation sites is 1. The van der Waals surface area contributed by atoms with Crippen molar-refractivity contribution in [3.63, 3.8) is 0 Å². The maximum atomic E-state index is 12.4. The van der Waals surface area contributed by atoms with Gasteiger partial charge in [-0.15, -0.1) is 11.3 Å². The zero-order chi connectivity index (χ0) is 17.8. The molecule has 0 saturated carbocycles. The summed E-state index contributed by atoms with van der Waals surface area (Å²) in [4.78, 5) is 28.9. The number of nitriles is 1. The van der Waals surface area contributed by atoms with Gasteiger partial charge in [0.25, 0.3) is 0 Å². The summed E-state index contributed by atoms with van der Waals surface area (Å²) in [5.41, 5.74) is 1.28. The molecule has 124 valence electrons. The summed E-state index contributed by atoms with van der Waals surface area (Å²) in [6, 6.07) is 16.0. The average molecular weight is 369 g/mol. The molecule has 2 aromatic carbocycles. The van der Waals surface area contributed by atoms with Crippen molar-refractivity contribution in [1.29, 1.82) is 5.26 Å². The topological polar surface area (TPSA) is 70.8 Å². The molecule has 0 radical (unpaired) electrons. The molecule has 0 N–H and O–H groups in total. The SMILES string of the molecule is N#CC(C(=O)CCC(=O)c1ccc(Cl)cc1)c1nc2ccccc2s1. The summed E-state index contributed by atoms with van der Waals surface area (Å²) < 4.78 is 0.933. The molecule has 3 aromatic rings. The summed E-state index contributed by atoms with van der Waals surface area (Å²) >= 11 is 7.13. The molecule has 0 spiro atoms. The zero-order valence-electron chi connectivity index (χ0n) is 13.1. The fourth-order valence-electron chi connectivity index (χ4n) is 2.44.